The Balaban J connectivity index is 1.43. The number of hydrogen-bond acceptors (Lipinski definition) is 7. The first kappa shape index (κ1) is 29.6. The zero-order valence-electron chi connectivity index (χ0n) is 22.8. The number of epoxide rings is 1. The average molecular weight is 575 g/mol. The van der Waals surface area contributed by atoms with Gasteiger partial charge in [0.15, 0.2) is 5.78 Å². The number of thiophene rings is 1. The van der Waals surface area contributed by atoms with E-state index in [1.54, 1.807) is 24.4 Å². The summed E-state index contributed by atoms with van der Waals surface area (Å²) >= 11 is 1.19. The standard InChI is InChI=1S/C29H38N2O6S2/c1-20(2)16-24(27(33)29(3)19-37-29)30-28(34)23(17-21-8-5-4-6-9-21)18-25(32)22-11-13-31(14-12-22)39(35,36)26-10-7-15-38-26/h4-10,15,20,22-24H,11-14,16-19H2,1-3H3,(H,30,34)/t23-,24+,29-/m1/s1. The van der Waals surface area contributed by atoms with Gasteiger partial charge in [0.2, 0.25) is 5.91 Å². The number of nitrogens with zero attached hydrogens (tertiary/aromatic N) is 1. The zero-order valence-corrected chi connectivity index (χ0v) is 24.4. The van der Waals surface area contributed by atoms with Gasteiger partial charge in [0.1, 0.15) is 15.6 Å². The molecule has 0 aliphatic carbocycles. The molecule has 3 atom stereocenters. The van der Waals surface area contributed by atoms with Crippen molar-refractivity contribution in [3.8, 4) is 0 Å². The number of ketones is 2. The predicted molar refractivity (Wildman–Crippen MR) is 150 cm³/mol. The molecule has 2 saturated heterocycles. The summed E-state index contributed by atoms with van der Waals surface area (Å²) < 4.78 is 32.8. The molecule has 2 aliphatic rings. The normalized spacial score (nSPS) is 21.8. The number of ether oxygens (including phenoxy) is 1. The van der Waals surface area contributed by atoms with Gasteiger partial charge in [-0.3, -0.25) is 14.4 Å². The Bertz CT molecular complexity index is 1250. The van der Waals surface area contributed by atoms with Gasteiger partial charge in [-0.1, -0.05) is 50.2 Å². The molecule has 2 aromatic rings. The molecule has 8 nitrogen and oxygen atoms in total. The summed E-state index contributed by atoms with van der Waals surface area (Å²) in [6.45, 7) is 6.64. The molecule has 0 saturated carbocycles. The van der Waals surface area contributed by atoms with E-state index in [9.17, 15) is 22.8 Å². The van der Waals surface area contributed by atoms with E-state index in [1.165, 1.54) is 15.6 Å². The Morgan fingerprint density at radius 2 is 1.77 bits per heavy atom. The van der Waals surface area contributed by atoms with Gasteiger partial charge in [-0.2, -0.15) is 4.31 Å². The zero-order chi connectivity index (χ0) is 28.2. The van der Waals surface area contributed by atoms with Gasteiger partial charge in [-0.25, -0.2) is 8.42 Å². The Kier molecular flexibility index (Phi) is 9.41. The van der Waals surface area contributed by atoms with Crippen LogP contribution < -0.4 is 5.32 Å². The number of Topliss-reactive ketones (excluding diaryl/α,β-unsaturated/α-hetero) is 2. The molecule has 2 aliphatic heterocycles. The Hall–Kier alpha value is -2.40. The molecule has 0 bridgehead atoms. The Morgan fingerprint density at radius 1 is 1.10 bits per heavy atom. The van der Waals surface area contributed by atoms with Crippen molar-refractivity contribution < 1.29 is 27.5 Å². The molecule has 10 heteroatoms. The van der Waals surface area contributed by atoms with Crippen molar-refractivity contribution in [3.63, 3.8) is 0 Å². The highest BCUT2D eigenvalue weighted by Crippen LogP contribution is 2.31. The number of piperidine rings is 1. The van der Waals surface area contributed by atoms with Gasteiger partial charge in [0.25, 0.3) is 10.0 Å². The minimum atomic E-state index is -3.55. The number of hydrogen-bond donors (Lipinski definition) is 1. The number of amides is 1. The highest BCUT2D eigenvalue weighted by atomic mass is 32.2. The molecule has 3 heterocycles. The van der Waals surface area contributed by atoms with E-state index < -0.39 is 27.6 Å². The second kappa shape index (κ2) is 12.4. The van der Waals surface area contributed by atoms with Gasteiger partial charge >= 0.3 is 0 Å². The lowest BCUT2D eigenvalue weighted by Gasteiger charge is -2.31. The van der Waals surface area contributed by atoms with E-state index in [1.807, 2.05) is 44.2 Å². The van der Waals surface area contributed by atoms with Crippen LogP contribution in [0.4, 0.5) is 0 Å². The third kappa shape index (κ3) is 7.42. The summed E-state index contributed by atoms with van der Waals surface area (Å²) in [5, 5.41) is 4.69. The minimum Gasteiger partial charge on any atom is -0.361 e. The third-order valence-corrected chi connectivity index (χ3v) is 10.9. The van der Waals surface area contributed by atoms with Crippen molar-refractivity contribution in [1.82, 2.24) is 9.62 Å². The number of sulfonamides is 1. The first-order chi connectivity index (χ1) is 18.5. The van der Waals surface area contributed by atoms with Crippen LogP contribution in [0.15, 0.2) is 52.1 Å². The van der Waals surface area contributed by atoms with E-state index in [0.29, 0.717) is 36.5 Å². The SMILES string of the molecule is CC(C)C[C@H](NC(=O)[C@@H](CC(=O)C1CCN(S(=O)(=O)c2cccs2)CC1)Cc1ccccc1)C(=O)[C@@]1(C)CO1. The molecule has 39 heavy (non-hydrogen) atoms. The summed E-state index contributed by atoms with van der Waals surface area (Å²) in [6, 6.07) is 12.2. The molecule has 1 aromatic carbocycles. The monoisotopic (exact) mass is 574 g/mol. The fourth-order valence-corrected chi connectivity index (χ4v) is 7.75. The van der Waals surface area contributed by atoms with Crippen LogP contribution in [0.1, 0.15) is 52.0 Å². The first-order valence-electron chi connectivity index (χ1n) is 13.6. The average Bonchev–Trinajstić information content (AvgIpc) is 3.41. The summed E-state index contributed by atoms with van der Waals surface area (Å²) in [4.78, 5) is 40.1. The van der Waals surface area contributed by atoms with E-state index in [4.69, 9.17) is 4.74 Å². The summed E-state index contributed by atoms with van der Waals surface area (Å²) in [5.74, 6) is -1.24. The molecular formula is C29H38N2O6S2. The van der Waals surface area contributed by atoms with Gasteiger partial charge in [-0.05, 0) is 55.5 Å². The smallest absolute Gasteiger partial charge is 0.252 e. The van der Waals surface area contributed by atoms with Crippen molar-refractivity contribution in [2.45, 2.75) is 68.7 Å². The summed E-state index contributed by atoms with van der Waals surface area (Å²) in [5.41, 5.74) is 0.0844. The first-order valence-corrected chi connectivity index (χ1v) is 15.9. The van der Waals surface area contributed by atoms with Crippen molar-refractivity contribution in [1.29, 1.82) is 0 Å². The minimum absolute atomic E-state index is 0.0384. The molecule has 4 rings (SSSR count). The number of carbonyl (C=O) groups is 3. The van der Waals surface area contributed by atoms with E-state index in [2.05, 4.69) is 5.32 Å². The second-order valence-corrected chi connectivity index (χ2v) is 14.4. The van der Waals surface area contributed by atoms with Gasteiger partial charge < -0.3 is 10.1 Å². The van der Waals surface area contributed by atoms with E-state index >= 15 is 0 Å². The predicted octanol–water partition coefficient (Wildman–Crippen LogP) is 3.86. The van der Waals surface area contributed by atoms with Crippen LogP contribution in [0, 0.1) is 17.8 Å². The number of benzene rings is 1. The van der Waals surface area contributed by atoms with Crippen molar-refractivity contribution in [2.24, 2.45) is 17.8 Å². The summed E-state index contributed by atoms with van der Waals surface area (Å²) in [7, 11) is -3.55. The maximum absolute atomic E-state index is 13.6. The molecular weight excluding hydrogens is 536 g/mol. The molecule has 1 N–H and O–H groups in total. The number of rotatable bonds is 13. The lowest BCUT2D eigenvalue weighted by atomic mass is 9.85. The maximum Gasteiger partial charge on any atom is 0.252 e. The van der Waals surface area contributed by atoms with Crippen molar-refractivity contribution in [2.75, 3.05) is 19.7 Å². The highest BCUT2D eigenvalue weighted by molar-refractivity contribution is 7.91. The molecule has 0 spiro atoms. The summed E-state index contributed by atoms with van der Waals surface area (Å²) in [6.07, 6.45) is 1.76. The maximum atomic E-state index is 13.6. The largest absolute Gasteiger partial charge is 0.361 e. The molecule has 1 aromatic heterocycles. The third-order valence-electron chi connectivity index (χ3n) is 7.58. The molecule has 212 valence electrons. The lowest BCUT2D eigenvalue weighted by Crippen LogP contribution is -2.49. The van der Waals surface area contributed by atoms with E-state index in [0.717, 1.165) is 5.56 Å². The number of carbonyl (C=O) groups excluding carboxylic acids is 3. The van der Waals surface area contributed by atoms with Crippen LogP contribution in [-0.4, -0.2) is 61.5 Å². The number of nitrogens with one attached hydrogen (secondary N) is 1. The molecule has 2 fully saturated rings. The van der Waals surface area contributed by atoms with Crippen LogP contribution in [0.3, 0.4) is 0 Å². The van der Waals surface area contributed by atoms with Crippen LogP contribution >= 0.6 is 11.3 Å². The van der Waals surface area contributed by atoms with Gasteiger partial charge in [0, 0.05) is 31.3 Å². The van der Waals surface area contributed by atoms with Crippen LogP contribution in [-0.2, 0) is 35.6 Å². The quantitative estimate of drug-likeness (QED) is 0.364. The topological polar surface area (TPSA) is 113 Å². The van der Waals surface area contributed by atoms with Crippen LogP contribution in [0.25, 0.3) is 0 Å². The molecule has 0 radical (unpaired) electrons. The Labute approximate surface area is 235 Å². The van der Waals surface area contributed by atoms with Crippen molar-refractivity contribution >= 4 is 38.8 Å². The second-order valence-electron chi connectivity index (χ2n) is 11.2. The lowest BCUT2D eigenvalue weighted by molar-refractivity contribution is -0.135. The highest BCUT2D eigenvalue weighted by Gasteiger charge is 2.50. The van der Waals surface area contributed by atoms with Crippen LogP contribution in [0.2, 0.25) is 0 Å². The molecule has 1 amide bonds. The molecule has 0 unspecified atom stereocenters. The van der Waals surface area contributed by atoms with E-state index in [-0.39, 0.29) is 48.8 Å². The van der Waals surface area contributed by atoms with Gasteiger partial charge in [-0.15, -0.1) is 11.3 Å². The fourth-order valence-electron chi connectivity index (χ4n) is 5.13. The fraction of sp³-hybridized carbons (Fsp3) is 0.552. The Morgan fingerprint density at radius 3 is 2.33 bits per heavy atom. The van der Waals surface area contributed by atoms with Crippen LogP contribution in [0.5, 0.6) is 0 Å². The van der Waals surface area contributed by atoms with Gasteiger partial charge in [0.05, 0.1) is 12.6 Å². The van der Waals surface area contributed by atoms with Crippen molar-refractivity contribution in [3.05, 3.63) is 53.4 Å².